The minimum absolute atomic E-state index is 0.0888. The van der Waals surface area contributed by atoms with E-state index in [9.17, 15) is 30.6 Å². The molecule has 0 bridgehead atoms. The number of aliphatic hydroxyl groups excluding tert-OH is 4. The van der Waals surface area contributed by atoms with Crippen molar-refractivity contribution in [3.05, 3.63) is 0 Å². The Morgan fingerprint density at radius 3 is 2.15 bits per heavy atom. The van der Waals surface area contributed by atoms with Crippen LogP contribution in [0.25, 0.3) is 0 Å². The Bertz CT molecular complexity index is 336. The molecule has 0 spiro atoms. The molecule has 0 amide bonds. The van der Waals surface area contributed by atoms with Crippen molar-refractivity contribution in [2.24, 2.45) is 0 Å². The largest absolute Gasteiger partial charge is 0.393 e. The molecule has 2 fully saturated rings. The molecule has 0 aliphatic heterocycles. The highest BCUT2D eigenvalue weighted by Gasteiger charge is 2.60. The second kappa shape index (κ2) is 5.87. The molecule has 6 nitrogen and oxygen atoms in total. The quantitative estimate of drug-likeness (QED) is 0.346. The number of hydrogen-bond acceptors (Lipinski definition) is 6. The van der Waals surface area contributed by atoms with Crippen LogP contribution in [0.2, 0.25) is 0 Å². The lowest BCUT2D eigenvalue weighted by molar-refractivity contribution is -0.260. The zero-order valence-electron chi connectivity index (χ0n) is 11.6. The van der Waals surface area contributed by atoms with Gasteiger partial charge in [0.15, 0.2) is 0 Å². The van der Waals surface area contributed by atoms with Crippen LogP contribution in [0.5, 0.6) is 0 Å². The van der Waals surface area contributed by atoms with Gasteiger partial charge in [-0.15, -0.1) is 0 Å². The van der Waals surface area contributed by atoms with Gasteiger partial charge in [0.25, 0.3) is 0 Å². The highest BCUT2D eigenvalue weighted by molar-refractivity contribution is 5.11. The number of aliphatic hydroxyl groups is 6. The van der Waals surface area contributed by atoms with Crippen molar-refractivity contribution in [2.75, 3.05) is 0 Å². The average molecular weight is 290 g/mol. The third-order valence-corrected chi connectivity index (χ3v) is 5.02. The van der Waals surface area contributed by atoms with Crippen molar-refractivity contribution in [2.45, 2.75) is 87.0 Å². The molecule has 0 aromatic heterocycles. The van der Waals surface area contributed by atoms with Crippen molar-refractivity contribution in [1.82, 2.24) is 0 Å². The van der Waals surface area contributed by atoms with E-state index in [0.717, 1.165) is 0 Å². The SMILES string of the molecule is OC1CCCC(O)C(O)(C2(O)CCCCC(O)C2O)C1. The summed E-state index contributed by atoms with van der Waals surface area (Å²) >= 11 is 0. The molecule has 6 N–H and O–H groups in total. The van der Waals surface area contributed by atoms with Crippen molar-refractivity contribution in [3.8, 4) is 0 Å². The molecule has 20 heavy (non-hydrogen) atoms. The van der Waals surface area contributed by atoms with Crippen LogP contribution >= 0.6 is 0 Å². The van der Waals surface area contributed by atoms with E-state index in [4.69, 9.17) is 0 Å². The molecular weight excluding hydrogens is 264 g/mol. The molecule has 0 radical (unpaired) electrons. The summed E-state index contributed by atoms with van der Waals surface area (Å²) in [7, 11) is 0. The van der Waals surface area contributed by atoms with Gasteiger partial charge in [0, 0.05) is 6.42 Å². The van der Waals surface area contributed by atoms with Crippen LogP contribution in [0.1, 0.15) is 51.4 Å². The van der Waals surface area contributed by atoms with Gasteiger partial charge in [0.1, 0.15) is 17.3 Å². The first-order valence-corrected chi connectivity index (χ1v) is 7.48. The molecule has 0 aromatic carbocycles. The third-order valence-electron chi connectivity index (χ3n) is 5.02. The summed E-state index contributed by atoms with van der Waals surface area (Å²) < 4.78 is 0. The zero-order valence-corrected chi connectivity index (χ0v) is 11.6. The predicted octanol–water partition coefficient (Wildman–Crippen LogP) is -0.960. The molecule has 6 unspecified atom stereocenters. The van der Waals surface area contributed by atoms with Crippen LogP contribution in [-0.4, -0.2) is 66.3 Å². The summed E-state index contributed by atoms with van der Waals surface area (Å²) in [6.45, 7) is 0. The second-order valence-corrected chi connectivity index (χ2v) is 6.41. The Morgan fingerprint density at radius 1 is 0.750 bits per heavy atom. The van der Waals surface area contributed by atoms with E-state index in [0.29, 0.717) is 32.1 Å². The molecule has 0 heterocycles. The van der Waals surface area contributed by atoms with Gasteiger partial charge in [-0.3, -0.25) is 0 Å². The van der Waals surface area contributed by atoms with Crippen molar-refractivity contribution in [3.63, 3.8) is 0 Å². The summed E-state index contributed by atoms with van der Waals surface area (Å²) in [5, 5.41) is 62.0. The maximum absolute atomic E-state index is 10.9. The van der Waals surface area contributed by atoms with E-state index >= 15 is 0 Å². The fraction of sp³-hybridized carbons (Fsp3) is 1.00. The van der Waals surface area contributed by atoms with Crippen LogP contribution in [0.3, 0.4) is 0 Å². The lowest BCUT2D eigenvalue weighted by Gasteiger charge is -2.49. The van der Waals surface area contributed by atoms with Gasteiger partial charge in [0.05, 0.1) is 18.3 Å². The Balaban J connectivity index is 2.36. The highest BCUT2D eigenvalue weighted by Crippen LogP contribution is 2.43. The average Bonchev–Trinajstić information content (AvgIpc) is 2.61. The smallest absolute Gasteiger partial charge is 0.124 e. The topological polar surface area (TPSA) is 121 Å². The molecule has 2 saturated carbocycles. The molecule has 0 aromatic rings. The van der Waals surface area contributed by atoms with Gasteiger partial charge in [0.2, 0.25) is 0 Å². The molecule has 2 rings (SSSR count). The lowest BCUT2D eigenvalue weighted by Crippen LogP contribution is -2.68. The maximum atomic E-state index is 10.9. The molecular formula is C14H26O6. The Hall–Kier alpha value is -0.240. The monoisotopic (exact) mass is 290 g/mol. The Morgan fingerprint density at radius 2 is 1.45 bits per heavy atom. The Labute approximate surface area is 118 Å². The van der Waals surface area contributed by atoms with Crippen LogP contribution in [-0.2, 0) is 0 Å². The van der Waals surface area contributed by atoms with Crippen molar-refractivity contribution in [1.29, 1.82) is 0 Å². The van der Waals surface area contributed by atoms with Gasteiger partial charge in [-0.05, 0) is 32.1 Å². The van der Waals surface area contributed by atoms with E-state index in [1.807, 2.05) is 0 Å². The summed E-state index contributed by atoms with van der Waals surface area (Å²) in [6, 6.07) is 0. The fourth-order valence-electron chi connectivity index (χ4n) is 3.69. The summed E-state index contributed by atoms with van der Waals surface area (Å²) in [6.07, 6.45) is -2.11. The van der Waals surface area contributed by atoms with Gasteiger partial charge >= 0.3 is 0 Å². The summed E-state index contributed by atoms with van der Waals surface area (Å²) in [5.41, 5.74) is -4.01. The van der Waals surface area contributed by atoms with Crippen LogP contribution in [0.15, 0.2) is 0 Å². The molecule has 2 aliphatic carbocycles. The first-order chi connectivity index (χ1) is 9.31. The highest BCUT2D eigenvalue weighted by atomic mass is 16.4. The van der Waals surface area contributed by atoms with Gasteiger partial charge in [-0.25, -0.2) is 0 Å². The van der Waals surface area contributed by atoms with Gasteiger partial charge < -0.3 is 30.6 Å². The Kier molecular flexibility index (Phi) is 4.73. The normalized spacial score (nSPS) is 51.3. The van der Waals surface area contributed by atoms with Crippen molar-refractivity contribution < 1.29 is 30.6 Å². The van der Waals surface area contributed by atoms with Gasteiger partial charge in [-0.2, -0.15) is 0 Å². The predicted molar refractivity (Wildman–Crippen MR) is 70.9 cm³/mol. The minimum Gasteiger partial charge on any atom is -0.393 e. The first kappa shape index (κ1) is 16.1. The molecule has 0 saturated heterocycles. The van der Waals surface area contributed by atoms with Gasteiger partial charge in [-0.1, -0.05) is 12.8 Å². The third kappa shape index (κ3) is 2.61. The first-order valence-electron chi connectivity index (χ1n) is 7.48. The van der Waals surface area contributed by atoms with E-state index in [1.165, 1.54) is 0 Å². The summed E-state index contributed by atoms with van der Waals surface area (Å²) in [4.78, 5) is 0. The minimum atomic E-state index is -2.01. The van der Waals surface area contributed by atoms with E-state index < -0.39 is 35.6 Å². The standard InChI is InChI=1S/C14H26O6/c15-9-4-3-6-11(17)14(20,8-9)13(19)7-2-1-5-10(16)12(13)18/h9-12,15-20H,1-8H2. The summed E-state index contributed by atoms with van der Waals surface area (Å²) in [5.74, 6) is 0. The molecule has 118 valence electrons. The number of hydrogen-bond donors (Lipinski definition) is 6. The molecule has 2 aliphatic rings. The lowest BCUT2D eigenvalue weighted by atomic mass is 9.69. The van der Waals surface area contributed by atoms with E-state index in [-0.39, 0.29) is 19.3 Å². The number of rotatable bonds is 1. The van der Waals surface area contributed by atoms with E-state index in [2.05, 4.69) is 0 Å². The maximum Gasteiger partial charge on any atom is 0.124 e. The second-order valence-electron chi connectivity index (χ2n) is 6.41. The molecule has 6 atom stereocenters. The van der Waals surface area contributed by atoms with Crippen LogP contribution in [0, 0.1) is 0 Å². The van der Waals surface area contributed by atoms with Crippen LogP contribution in [0.4, 0.5) is 0 Å². The molecule has 6 heteroatoms. The fourth-order valence-corrected chi connectivity index (χ4v) is 3.69. The van der Waals surface area contributed by atoms with Crippen LogP contribution < -0.4 is 0 Å². The van der Waals surface area contributed by atoms with E-state index in [1.54, 1.807) is 0 Å². The zero-order chi connectivity index (χ0) is 15.0. The van der Waals surface area contributed by atoms with Crippen molar-refractivity contribution >= 4 is 0 Å².